The van der Waals surface area contributed by atoms with Gasteiger partial charge in [0.25, 0.3) is 0 Å². The zero-order valence-corrected chi connectivity index (χ0v) is 10.2. The van der Waals surface area contributed by atoms with E-state index < -0.39 is 0 Å². The Morgan fingerprint density at radius 1 is 1.40 bits per heavy atom. The highest BCUT2D eigenvalue weighted by atomic mass is 32.2. The maximum Gasteiger partial charge on any atom is 0.0757 e. The first-order valence-corrected chi connectivity index (χ1v) is 6.61. The molecule has 0 aliphatic carbocycles. The van der Waals surface area contributed by atoms with Crippen LogP contribution in [0.1, 0.15) is 6.92 Å². The van der Waals surface area contributed by atoms with Gasteiger partial charge < -0.3 is 15.5 Å². The average Bonchev–Trinajstić information content (AvgIpc) is 2.27. The van der Waals surface area contributed by atoms with Gasteiger partial charge >= 0.3 is 0 Å². The van der Waals surface area contributed by atoms with Gasteiger partial charge in [-0.3, -0.25) is 4.90 Å². The summed E-state index contributed by atoms with van der Waals surface area (Å²) in [5.41, 5.74) is 0. The lowest BCUT2D eigenvalue weighted by atomic mass is 10.3. The van der Waals surface area contributed by atoms with Crippen LogP contribution in [-0.2, 0) is 0 Å². The van der Waals surface area contributed by atoms with Gasteiger partial charge in [0.1, 0.15) is 0 Å². The largest absolute Gasteiger partial charge is 0.395 e. The first-order chi connectivity index (χ1) is 7.22. The van der Waals surface area contributed by atoms with E-state index in [0.717, 1.165) is 32.7 Å². The number of hydrogen-bond donors (Lipinski definition) is 3. The summed E-state index contributed by atoms with van der Waals surface area (Å²) in [6, 6.07) is 0. The monoisotopic (exact) mass is 234 g/mol. The lowest BCUT2D eigenvalue weighted by Crippen LogP contribution is -2.46. The number of aliphatic hydroxyl groups excluding tert-OH is 2. The number of thioether (sulfide) groups is 1. The molecule has 2 atom stereocenters. The van der Waals surface area contributed by atoms with Crippen molar-refractivity contribution in [3.63, 3.8) is 0 Å². The average molecular weight is 234 g/mol. The fraction of sp³-hybridized carbons (Fsp3) is 1.00. The van der Waals surface area contributed by atoms with Crippen molar-refractivity contribution in [3.05, 3.63) is 0 Å². The van der Waals surface area contributed by atoms with E-state index in [2.05, 4.69) is 10.2 Å². The van der Waals surface area contributed by atoms with Crippen LogP contribution in [0.4, 0.5) is 0 Å². The van der Waals surface area contributed by atoms with Crippen molar-refractivity contribution in [1.82, 2.24) is 10.2 Å². The molecule has 1 heterocycles. The van der Waals surface area contributed by atoms with Crippen LogP contribution in [0, 0.1) is 0 Å². The lowest BCUT2D eigenvalue weighted by Gasteiger charge is -2.29. The highest BCUT2D eigenvalue weighted by molar-refractivity contribution is 7.99. The van der Waals surface area contributed by atoms with Gasteiger partial charge in [0.15, 0.2) is 0 Å². The van der Waals surface area contributed by atoms with Crippen molar-refractivity contribution in [2.75, 3.05) is 45.1 Å². The first-order valence-electron chi connectivity index (χ1n) is 5.56. The number of nitrogens with one attached hydrogen (secondary N) is 1. The summed E-state index contributed by atoms with van der Waals surface area (Å²) in [4.78, 5) is 2.28. The number of aliphatic hydroxyl groups is 2. The Balaban J connectivity index is 2.08. The van der Waals surface area contributed by atoms with E-state index in [9.17, 15) is 5.11 Å². The Labute approximate surface area is 96.0 Å². The van der Waals surface area contributed by atoms with E-state index in [1.807, 2.05) is 6.92 Å². The smallest absolute Gasteiger partial charge is 0.0757 e. The van der Waals surface area contributed by atoms with E-state index in [0.29, 0.717) is 5.75 Å². The zero-order valence-electron chi connectivity index (χ0n) is 9.35. The molecule has 0 spiro atoms. The maximum atomic E-state index is 9.78. The predicted octanol–water partition coefficient (Wildman–Crippen LogP) is -0.633. The standard InChI is InChI=1S/C10H22N2O2S/c1-9(7-13)15-8-10(14)6-12-4-2-11-3-5-12/h9-11,13-14H,2-8H2,1H3. The van der Waals surface area contributed by atoms with Crippen LogP contribution in [0.25, 0.3) is 0 Å². The summed E-state index contributed by atoms with van der Waals surface area (Å²) in [7, 11) is 0. The Kier molecular flexibility index (Phi) is 6.59. The van der Waals surface area contributed by atoms with Crippen LogP contribution in [-0.4, -0.2) is 71.6 Å². The molecule has 3 N–H and O–H groups in total. The summed E-state index contributed by atoms with van der Waals surface area (Å²) in [6.45, 7) is 7.01. The van der Waals surface area contributed by atoms with Crippen LogP contribution in [0.15, 0.2) is 0 Å². The van der Waals surface area contributed by atoms with E-state index in [4.69, 9.17) is 5.11 Å². The molecule has 0 aromatic rings. The van der Waals surface area contributed by atoms with Crippen molar-refractivity contribution in [2.45, 2.75) is 18.3 Å². The van der Waals surface area contributed by atoms with Gasteiger partial charge in [-0.15, -0.1) is 0 Å². The molecule has 1 saturated heterocycles. The summed E-state index contributed by atoms with van der Waals surface area (Å²) < 4.78 is 0. The highest BCUT2D eigenvalue weighted by Gasteiger charge is 2.14. The Bertz CT molecular complexity index is 166. The van der Waals surface area contributed by atoms with Gasteiger partial charge in [0, 0.05) is 43.7 Å². The molecular formula is C10H22N2O2S. The van der Waals surface area contributed by atoms with Gasteiger partial charge in [0.05, 0.1) is 12.7 Å². The predicted molar refractivity (Wildman–Crippen MR) is 64.3 cm³/mol. The van der Waals surface area contributed by atoms with E-state index in [1.165, 1.54) is 0 Å². The molecule has 0 radical (unpaired) electrons. The first kappa shape index (κ1) is 13.3. The molecule has 4 nitrogen and oxygen atoms in total. The normalized spacial score (nSPS) is 22.6. The summed E-state index contributed by atoms with van der Waals surface area (Å²) >= 11 is 1.63. The van der Waals surface area contributed by atoms with E-state index >= 15 is 0 Å². The fourth-order valence-electron chi connectivity index (χ4n) is 1.57. The summed E-state index contributed by atoms with van der Waals surface area (Å²) in [5, 5.41) is 22.1. The molecule has 1 aliphatic heterocycles. The summed E-state index contributed by atoms with van der Waals surface area (Å²) in [5.74, 6) is 0.714. The van der Waals surface area contributed by atoms with Crippen molar-refractivity contribution < 1.29 is 10.2 Å². The highest BCUT2D eigenvalue weighted by Crippen LogP contribution is 2.11. The summed E-state index contributed by atoms with van der Waals surface area (Å²) in [6.07, 6.45) is -0.276. The molecule has 0 aromatic heterocycles. The molecule has 15 heavy (non-hydrogen) atoms. The number of rotatable bonds is 6. The molecule has 0 bridgehead atoms. The van der Waals surface area contributed by atoms with Crippen LogP contribution >= 0.6 is 11.8 Å². The second-order valence-corrected chi connectivity index (χ2v) is 5.50. The molecule has 90 valence electrons. The molecule has 0 amide bonds. The lowest BCUT2D eigenvalue weighted by molar-refractivity contribution is 0.121. The SMILES string of the molecule is CC(CO)SCC(O)CN1CCNCC1. The van der Waals surface area contributed by atoms with E-state index in [-0.39, 0.29) is 18.0 Å². The van der Waals surface area contributed by atoms with Gasteiger partial charge in [-0.2, -0.15) is 11.8 Å². The third-order valence-electron chi connectivity index (χ3n) is 2.51. The minimum Gasteiger partial charge on any atom is -0.395 e. The van der Waals surface area contributed by atoms with Gasteiger partial charge in [-0.05, 0) is 0 Å². The molecule has 0 aromatic carbocycles. The Morgan fingerprint density at radius 3 is 2.67 bits per heavy atom. The van der Waals surface area contributed by atoms with Crippen LogP contribution in [0.2, 0.25) is 0 Å². The van der Waals surface area contributed by atoms with Gasteiger partial charge in [-0.1, -0.05) is 6.92 Å². The third-order valence-corrected chi connectivity index (χ3v) is 3.80. The molecule has 1 fully saturated rings. The van der Waals surface area contributed by atoms with Crippen molar-refractivity contribution in [2.24, 2.45) is 0 Å². The van der Waals surface area contributed by atoms with Gasteiger partial charge in [0.2, 0.25) is 0 Å². The molecule has 1 aliphatic rings. The second kappa shape index (κ2) is 7.46. The molecule has 1 rings (SSSR count). The van der Waals surface area contributed by atoms with Crippen LogP contribution in [0.3, 0.4) is 0 Å². The molecule has 2 unspecified atom stereocenters. The maximum absolute atomic E-state index is 9.78. The number of hydrogen-bond acceptors (Lipinski definition) is 5. The van der Waals surface area contributed by atoms with Crippen molar-refractivity contribution in [1.29, 1.82) is 0 Å². The van der Waals surface area contributed by atoms with E-state index in [1.54, 1.807) is 11.8 Å². The molecule has 5 heteroatoms. The number of piperazine rings is 1. The topological polar surface area (TPSA) is 55.7 Å². The Hall–Kier alpha value is 0.190. The minimum absolute atomic E-state index is 0.186. The van der Waals surface area contributed by atoms with Crippen molar-refractivity contribution in [3.8, 4) is 0 Å². The quantitative estimate of drug-likeness (QED) is 0.571. The zero-order chi connectivity index (χ0) is 11.1. The van der Waals surface area contributed by atoms with Crippen LogP contribution < -0.4 is 5.32 Å². The number of nitrogens with zero attached hydrogens (tertiary/aromatic N) is 1. The number of β-amino-alcohol motifs (C(OH)–C–C–N with tert-alkyl or cyclic N) is 1. The molecular weight excluding hydrogens is 212 g/mol. The third kappa shape index (κ3) is 5.73. The minimum atomic E-state index is -0.276. The van der Waals surface area contributed by atoms with Crippen molar-refractivity contribution >= 4 is 11.8 Å². The molecule has 0 saturated carbocycles. The second-order valence-electron chi connectivity index (χ2n) is 4.03. The van der Waals surface area contributed by atoms with Gasteiger partial charge in [-0.25, -0.2) is 0 Å². The Morgan fingerprint density at radius 2 is 2.07 bits per heavy atom. The fourth-order valence-corrected chi connectivity index (χ4v) is 2.33. The van der Waals surface area contributed by atoms with Crippen LogP contribution in [0.5, 0.6) is 0 Å².